The van der Waals surface area contributed by atoms with Crippen LogP contribution in [0.15, 0.2) is 4.99 Å². The van der Waals surface area contributed by atoms with Gasteiger partial charge in [-0.1, -0.05) is 12.8 Å². The van der Waals surface area contributed by atoms with Crippen LogP contribution in [0.25, 0.3) is 0 Å². The fourth-order valence-corrected chi connectivity index (χ4v) is 4.27. The Morgan fingerprint density at radius 3 is 2.34 bits per heavy atom. The Morgan fingerprint density at radius 1 is 1.10 bits per heavy atom. The predicted octanol–water partition coefficient (Wildman–Crippen LogP) is 3.70. The number of hydrogen-bond acceptors (Lipinski definition) is 3. The summed E-state index contributed by atoms with van der Waals surface area (Å²) in [5.74, 6) is 1.32. The molecule has 1 heterocycles. The van der Waals surface area contributed by atoms with Crippen molar-refractivity contribution in [1.29, 1.82) is 0 Å². The van der Waals surface area contributed by atoms with Crippen molar-refractivity contribution in [1.82, 2.24) is 20.4 Å². The Morgan fingerprint density at radius 2 is 1.76 bits per heavy atom. The number of halogens is 4. The van der Waals surface area contributed by atoms with E-state index in [1.807, 2.05) is 0 Å². The summed E-state index contributed by atoms with van der Waals surface area (Å²) in [5, 5.41) is 6.69. The number of guanidine groups is 1. The minimum atomic E-state index is -4.09. The van der Waals surface area contributed by atoms with E-state index in [0.29, 0.717) is 19.0 Å². The van der Waals surface area contributed by atoms with Crippen LogP contribution in [-0.2, 0) is 0 Å². The lowest BCUT2D eigenvalue weighted by atomic mass is 9.93. The molecule has 2 rings (SSSR count). The second-order valence-electron chi connectivity index (χ2n) is 8.23. The van der Waals surface area contributed by atoms with Gasteiger partial charge in [0, 0.05) is 32.2 Å². The van der Waals surface area contributed by atoms with Crippen LogP contribution in [-0.4, -0.2) is 80.8 Å². The molecule has 0 spiro atoms. The third kappa shape index (κ3) is 11.1. The third-order valence-corrected chi connectivity index (χ3v) is 5.97. The summed E-state index contributed by atoms with van der Waals surface area (Å²) < 4.78 is 37.4. The van der Waals surface area contributed by atoms with E-state index in [0.717, 1.165) is 57.4 Å². The van der Waals surface area contributed by atoms with Crippen LogP contribution >= 0.6 is 24.0 Å². The quantitative estimate of drug-likeness (QED) is 0.270. The van der Waals surface area contributed by atoms with Crippen molar-refractivity contribution in [3.63, 3.8) is 0 Å². The standard InChI is InChI=1S/C20H38F3N5.HI/c1-3-24-19(26-12-15-27(2)18-6-4-5-7-18)25-11-8-17-9-13-28(14-10-17)16-20(21,22)23;/h17-18H,3-16H2,1-2H3,(H2,24,25,26);1H. The lowest BCUT2D eigenvalue weighted by Crippen LogP contribution is -2.42. The number of rotatable bonds is 9. The Hall–Kier alpha value is -0.290. The van der Waals surface area contributed by atoms with E-state index in [2.05, 4.69) is 34.5 Å². The number of piperidine rings is 1. The third-order valence-electron chi connectivity index (χ3n) is 5.97. The van der Waals surface area contributed by atoms with E-state index in [9.17, 15) is 13.2 Å². The average molecular weight is 533 g/mol. The van der Waals surface area contributed by atoms with Gasteiger partial charge in [0.05, 0.1) is 6.54 Å². The summed E-state index contributed by atoms with van der Waals surface area (Å²) in [6.45, 7) is 5.78. The molecule has 1 saturated carbocycles. The number of nitrogens with one attached hydrogen (secondary N) is 2. The van der Waals surface area contributed by atoms with Crippen LogP contribution < -0.4 is 10.6 Å². The highest BCUT2D eigenvalue weighted by molar-refractivity contribution is 14.0. The van der Waals surface area contributed by atoms with Gasteiger partial charge in [-0.15, -0.1) is 24.0 Å². The first-order chi connectivity index (χ1) is 13.4. The minimum Gasteiger partial charge on any atom is -0.357 e. The number of likely N-dealkylation sites (N-methyl/N-ethyl adjacent to an activating group) is 1. The molecule has 0 bridgehead atoms. The van der Waals surface area contributed by atoms with Gasteiger partial charge in [-0.3, -0.25) is 9.89 Å². The molecule has 0 atom stereocenters. The average Bonchev–Trinajstić information content (AvgIpc) is 3.16. The lowest BCUT2D eigenvalue weighted by Gasteiger charge is -2.32. The molecular weight excluding hydrogens is 494 g/mol. The van der Waals surface area contributed by atoms with Crippen molar-refractivity contribution in [3.8, 4) is 0 Å². The zero-order chi connectivity index (χ0) is 20.4. The van der Waals surface area contributed by atoms with Gasteiger partial charge >= 0.3 is 6.18 Å². The first-order valence-corrected chi connectivity index (χ1v) is 10.9. The summed E-state index contributed by atoms with van der Waals surface area (Å²) in [4.78, 5) is 8.63. The van der Waals surface area contributed by atoms with Gasteiger partial charge in [0.1, 0.15) is 0 Å². The highest BCUT2D eigenvalue weighted by Gasteiger charge is 2.32. The Labute approximate surface area is 191 Å². The molecule has 1 aliphatic carbocycles. The number of aliphatic imine (C=N–C) groups is 1. The van der Waals surface area contributed by atoms with Crippen LogP contribution in [0.2, 0.25) is 0 Å². The topological polar surface area (TPSA) is 42.9 Å². The van der Waals surface area contributed by atoms with Crippen molar-refractivity contribution in [2.75, 3.05) is 52.9 Å². The number of likely N-dealkylation sites (tertiary alicyclic amines) is 1. The van der Waals surface area contributed by atoms with Gasteiger partial charge in [-0.05, 0) is 65.1 Å². The van der Waals surface area contributed by atoms with Gasteiger partial charge < -0.3 is 15.5 Å². The molecule has 0 unspecified atom stereocenters. The number of hydrogen-bond donors (Lipinski definition) is 2. The maximum atomic E-state index is 12.5. The van der Waals surface area contributed by atoms with Crippen molar-refractivity contribution in [2.45, 2.75) is 64.1 Å². The van der Waals surface area contributed by atoms with Crippen LogP contribution in [0.4, 0.5) is 13.2 Å². The first-order valence-electron chi connectivity index (χ1n) is 10.9. The molecule has 2 N–H and O–H groups in total. The molecular formula is C20H39F3IN5. The highest BCUT2D eigenvalue weighted by Crippen LogP contribution is 2.24. The summed E-state index contributed by atoms with van der Waals surface area (Å²) in [6.07, 6.45) is 3.85. The second kappa shape index (κ2) is 13.9. The highest BCUT2D eigenvalue weighted by atomic mass is 127. The van der Waals surface area contributed by atoms with Gasteiger partial charge in [0.15, 0.2) is 5.96 Å². The van der Waals surface area contributed by atoms with E-state index in [4.69, 9.17) is 0 Å². The summed E-state index contributed by atoms with van der Waals surface area (Å²) >= 11 is 0. The van der Waals surface area contributed by atoms with E-state index >= 15 is 0 Å². The molecule has 1 aliphatic heterocycles. The molecule has 9 heteroatoms. The van der Waals surface area contributed by atoms with Crippen molar-refractivity contribution in [2.24, 2.45) is 10.9 Å². The Balaban J connectivity index is 0.00000420. The molecule has 2 fully saturated rings. The van der Waals surface area contributed by atoms with Gasteiger partial charge in [-0.25, -0.2) is 0 Å². The van der Waals surface area contributed by atoms with Gasteiger partial charge in [0.25, 0.3) is 0 Å². The van der Waals surface area contributed by atoms with Crippen LogP contribution in [0.5, 0.6) is 0 Å². The lowest BCUT2D eigenvalue weighted by molar-refractivity contribution is -0.148. The van der Waals surface area contributed by atoms with Crippen LogP contribution in [0, 0.1) is 5.92 Å². The molecule has 172 valence electrons. The number of nitrogens with zero attached hydrogens (tertiary/aromatic N) is 3. The summed E-state index contributed by atoms with van der Waals surface area (Å²) in [5.41, 5.74) is 0. The van der Waals surface area contributed by atoms with Crippen molar-refractivity contribution in [3.05, 3.63) is 0 Å². The van der Waals surface area contributed by atoms with Crippen molar-refractivity contribution >= 4 is 29.9 Å². The van der Waals surface area contributed by atoms with Gasteiger partial charge in [-0.2, -0.15) is 13.2 Å². The van der Waals surface area contributed by atoms with Crippen molar-refractivity contribution < 1.29 is 13.2 Å². The second-order valence-corrected chi connectivity index (χ2v) is 8.23. The maximum absolute atomic E-state index is 12.5. The van der Waals surface area contributed by atoms with E-state index in [1.54, 1.807) is 0 Å². The SMILES string of the molecule is CCNC(=NCCC1CCN(CC(F)(F)F)CC1)NCCN(C)C1CCCC1.I. The fraction of sp³-hybridized carbons (Fsp3) is 0.950. The first kappa shape index (κ1) is 26.7. The predicted molar refractivity (Wildman–Crippen MR) is 124 cm³/mol. The largest absolute Gasteiger partial charge is 0.401 e. The normalized spacial score (nSPS) is 20.1. The molecule has 0 radical (unpaired) electrons. The molecule has 0 aromatic heterocycles. The van der Waals surface area contributed by atoms with E-state index < -0.39 is 12.7 Å². The Bertz CT molecular complexity index is 462. The monoisotopic (exact) mass is 533 g/mol. The molecule has 2 aliphatic rings. The molecule has 0 aromatic rings. The van der Waals surface area contributed by atoms with Gasteiger partial charge in [0.2, 0.25) is 0 Å². The minimum absolute atomic E-state index is 0. The van der Waals surface area contributed by atoms with Crippen LogP contribution in [0.3, 0.4) is 0 Å². The van der Waals surface area contributed by atoms with Crippen LogP contribution in [0.1, 0.15) is 51.9 Å². The van der Waals surface area contributed by atoms with E-state index in [1.165, 1.54) is 30.6 Å². The fourth-order valence-electron chi connectivity index (χ4n) is 4.27. The molecule has 0 amide bonds. The smallest absolute Gasteiger partial charge is 0.357 e. The molecule has 1 saturated heterocycles. The summed E-state index contributed by atoms with van der Waals surface area (Å²) in [6, 6.07) is 0.726. The summed E-state index contributed by atoms with van der Waals surface area (Å²) in [7, 11) is 2.20. The molecule has 29 heavy (non-hydrogen) atoms. The maximum Gasteiger partial charge on any atom is 0.401 e. The molecule has 0 aromatic carbocycles. The Kier molecular flexibility index (Phi) is 12.8. The zero-order valence-electron chi connectivity index (χ0n) is 17.9. The van der Waals surface area contributed by atoms with E-state index in [-0.39, 0.29) is 24.0 Å². The molecule has 5 nitrogen and oxygen atoms in total. The zero-order valence-corrected chi connectivity index (χ0v) is 20.3. The number of alkyl halides is 3.